The van der Waals surface area contributed by atoms with E-state index in [-0.39, 0.29) is 11.0 Å². The van der Waals surface area contributed by atoms with Gasteiger partial charge in [0.25, 0.3) is 5.56 Å². The summed E-state index contributed by atoms with van der Waals surface area (Å²) in [7, 11) is 4.10. The Kier molecular flexibility index (Phi) is 4.06. The first-order valence-electron chi connectivity index (χ1n) is 5.32. The van der Waals surface area contributed by atoms with E-state index < -0.39 is 0 Å². The lowest BCUT2D eigenvalue weighted by Crippen LogP contribution is -2.34. The van der Waals surface area contributed by atoms with Crippen LogP contribution in [-0.4, -0.2) is 42.3 Å². The van der Waals surface area contributed by atoms with Crippen LogP contribution in [0.5, 0.6) is 0 Å². The van der Waals surface area contributed by atoms with Crippen LogP contribution in [0.2, 0.25) is 0 Å². The molecule has 1 aromatic rings. The first-order chi connectivity index (χ1) is 7.39. The minimum absolute atomic E-state index is 0.145. The van der Waals surface area contributed by atoms with Crippen molar-refractivity contribution in [2.75, 3.05) is 32.5 Å². The van der Waals surface area contributed by atoms with E-state index in [9.17, 15) is 4.79 Å². The second-order valence-electron chi connectivity index (χ2n) is 5.09. The fourth-order valence-electron chi connectivity index (χ4n) is 1.73. The van der Waals surface area contributed by atoms with Gasteiger partial charge in [0, 0.05) is 19.2 Å². The minimum Gasteiger partial charge on any atom is -0.383 e. The fourth-order valence-corrected chi connectivity index (χ4v) is 1.73. The second-order valence-corrected chi connectivity index (χ2v) is 5.09. The van der Waals surface area contributed by atoms with Gasteiger partial charge in [-0.2, -0.15) is 5.10 Å². The fraction of sp³-hybridized carbons (Fsp3) is 0.636. The van der Waals surface area contributed by atoms with Gasteiger partial charge in [-0.25, -0.2) is 5.10 Å². The molecule has 0 spiro atoms. The van der Waals surface area contributed by atoms with Crippen LogP contribution >= 0.6 is 0 Å². The molecule has 2 N–H and O–H groups in total. The van der Waals surface area contributed by atoms with Crippen LogP contribution < -0.4 is 10.9 Å². The summed E-state index contributed by atoms with van der Waals surface area (Å²) in [6.07, 6.45) is 1.62. The molecule has 1 rings (SSSR count). The van der Waals surface area contributed by atoms with E-state index >= 15 is 0 Å². The summed E-state index contributed by atoms with van der Waals surface area (Å²) in [6.45, 7) is 6.15. The quantitative estimate of drug-likeness (QED) is 0.775. The molecule has 90 valence electrons. The van der Waals surface area contributed by atoms with Gasteiger partial charge < -0.3 is 10.2 Å². The summed E-state index contributed by atoms with van der Waals surface area (Å²) >= 11 is 0. The summed E-state index contributed by atoms with van der Waals surface area (Å²) in [5.41, 5.74) is 0.720. The van der Waals surface area contributed by atoms with E-state index in [0.717, 1.165) is 18.8 Å². The zero-order chi connectivity index (χ0) is 12.2. The molecular formula is C11H20N4O. The first-order valence-corrected chi connectivity index (χ1v) is 5.32. The van der Waals surface area contributed by atoms with Crippen molar-refractivity contribution in [2.24, 2.45) is 5.41 Å². The molecule has 5 heteroatoms. The van der Waals surface area contributed by atoms with Gasteiger partial charge in [-0.1, -0.05) is 13.8 Å². The molecule has 0 saturated carbocycles. The van der Waals surface area contributed by atoms with E-state index in [0.29, 0.717) is 0 Å². The van der Waals surface area contributed by atoms with Crippen LogP contribution in [0, 0.1) is 5.41 Å². The monoisotopic (exact) mass is 224 g/mol. The molecule has 0 unspecified atom stereocenters. The maximum Gasteiger partial charge on any atom is 0.266 e. The smallest absolute Gasteiger partial charge is 0.266 e. The summed E-state index contributed by atoms with van der Waals surface area (Å²) in [6, 6.07) is 1.51. The molecule has 0 bridgehead atoms. The molecule has 0 radical (unpaired) electrons. The van der Waals surface area contributed by atoms with Crippen molar-refractivity contribution in [2.45, 2.75) is 13.8 Å². The van der Waals surface area contributed by atoms with Crippen LogP contribution in [0.15, 0.2) is 17.1 Å². The Bertz CT molecular complexity index is 384. The van der Waals surface area contributed by atoms with Gasteiger partial charge in [0.05, 0.1) is 11.9 Å². The maximum absolute atomic E-state index is 11.0. The van der Waals surface area contributed by atoms with Gasteiger partial charge in [0.1, 0.15) is 0 Å². The van der Waals surface area contributed by atoms with Gasteiger partial charge in [-0.05, 0) is 19.5 Å². The van der Waals surface area contributed by atoms with Crippen LogP contribution in [0.4, 0.5) is 5.69 Å². The Morgan fingerprint density at radius 1 is 1.50 bits per heavy atom. The summed E-state index contributed by atoms with van der Waals surface area (Å²) in [5, 5.41) is 9.30. The molecule has 1 aromatic heterocycles. The van der Waals surface area contributed by atoms with Gasteiger partial charge in [0.2, 0.25) is 0 Å². The first kappa shape index (κ1) is 12.7. The molecule has 5 nitrogen and oxygen atoms in total. The van der Waals surface area contributed by atoms with Gasteiger partial charge in [-0.15, -0.1) is 0 Å². The maximum atomic E-state index is 11.0. The predicted octanol–water partition coefficient (Wildman–Crippen LogP) is 0.770. The van der Waals surface area contributed by atoms with Gasteiger partial charge in [-0.3, -0.25) is 4.79 Å². The highest BCUT2D eigenvalue weighted by atomic mass is 16.1. The molecule has 0 saturated heterocycles. The molecule has 0 atom stereocenters. The predicted molar refractivity (Wildman–Crippen MR) is 65.7 cm³/mol. The molecule has 0 aliphatic carbocycles. The number of anilines is 1. The highest BCUT2D eigenvalue weighted by Crippen LogP contribution is 2.16. The van der Waals surface area contributed by atoms with Crippen molar-refractivity contribution in [1.29, 1.82) is 0 Å². The summed E-state index contributed by atoms with van der Waals surface area (Å²) < 4.78 is 0. The molecule has 0 aliphatic rings. The van der Waals surface area contributed by atoms with E-state index in [1.165, 1.54) is 6.07 Å². The SMILES string of the molecule is CN(C)CC(C)(C)CNc1cn[nH]c(=O)c1. The standard InChI is InChI=1S/C11H20N4O/c1-11(2,8-15(3)4)7-12-9-5-10(16)14-13-6-9/h5-6H,7-8H2,1-4H3,(H2,12,14,16). The van der Waals surface area contributed by atoms with Crippen LogP contribution in [0.1, 0.15) is 13.8 Å². The van der Waals surface area contributed by atoms with Crippen LogP contribution in [-0.2, 0) is 0 Å². The third-order valence-electron chi connectivity index (χ3n) is 2.18. The van der Waals surface area contributed by atoms with Crippen LogP contribution in [0.3, 0.4) is 0 Å². The number of nitrogens with zero attached hydrogens (tertiary/aromatic N) is 2. The Morgan fingerprint density at radius 3 is 2.75 bits per heavy atom. The van der Waals surface area contributed by atoms with Gasteiger partial charge >= 0.3 is 0 Å². The number of aromatic nitrogens is 2. The Balaban J connectivity index is 2.54. The van der Waals surface area contributed by atoms with Crippen molar-refractivity contribution in [3.63, 3.8) is 0 Å². The lowest BCUT2D eigenvalue weighted by molar-refractivity contribution is 0.254. The lowest BCUT2D eigenvalue weighted by atomic mass is 9.93. The molecule has 0 aliphatic heterocycles. The normalized spacial score (nSPS) is 11.8. The van der Waals surface area contributed by atoms with Crippen LogP contribution in [0.25, 0.3) is 0 Å². The lowest BCUT2D eigenvalue weighted by Gasteiger charge is -2.28. The number of rotatable bonds is 5. The molecular weight excluding hydrogens is 204 g/mol. The summed E-state index contributed by atoms with van der Waals surface area (Å²) in [5.74, 6) is 0. The third-order valence-corrected chi connectivity index (χ3v) is 2.18. The Labute approximate surface area is 95.9 Å². The Hall–Kier alpha value is -1.36. The largest absolute Gasteiger partial charge is 0.383 e. The molecule has 0 fully saturated rings. The van der Waals surface area contributed by atoms with Crippen molar-refractivity contribution in [1.82, 2.24) is 15.1 Å². The highest BCUT2D eigenvalue weighted by molar-refractivity contribution is 5.38. The van der Waals surface area contributed by atoms with E-state index in [4.69, 9.17) is 0 Å². The number of aromatic amines is 1. The molecule has 16 heavy (non-hydrogen) atoms. The zero-order valence-corrected chi connectivity index (χ0v) is 10.4. The topological polar surface area (TPSA) is 61.0 Å². The van der Waals surface area contributed by atoms with E-state index in [1.54, 1.807) is 6.20 Å². The van der Waals surface area contributed by atoms with Crippen molar-refractivity contribution in [3.8, 4) is 0 Å². The molecule has 0 amide bonds. The van der Waals surface area contributed by atoms with E-state index in [1.807, 2.05) is 0 Å². The number of nitrogens with one attached hydrogen (secondary N) is 2. The molecule has 0 aromatic carbocycles. The average Bonchev–Trinajstić information content (AvgIpc) is 2.13. The van der Waals surface area contributed by atoms with Crippen molar-refractivity contribution < 1.29 is 0 Å². The zero-order valence-electron chi connectivity index (χ0n) is 10.4. The number of hydrogen-bond donors (Lipinski definition) is 2. The summed E-state index contributed by atoms with van der Waals surface area (Å²) in [4.78, 5) is 13.2. The van der Waals surface area contributed by atoms with Crippen molar-refractivity contribution >= 4 is 5.69 Å². The Morgan fingerprint density at radius 2 is 2.19 bits per heavy atom. The number of hydrogen-bond acceptors (Lipinski definition) is 4. The van der Waals surface area contributed by atoms with Crippen molar-refractivity contribution in [3.05, 3.63) is 22.6 Å². The highest BCUT2D eigenvalue weighted by Gasteiger charge is 2.18. The average molecular weight is 224 g/mol. The number of H-pyrrole nitrogens is 1. The third kappa shape index (κ3) is 4.44. The second kappa shape index (κ2) is 5.12. The van der Waals surface area contributed by atoms with E-state index in [2.05, 4.69) is 48.4 Å². The molecule has 1 heterocycles. The van der Waals surface area contributed by atoms with Gasteiger partial charge in [0.15, 0.2) is 0 Å². The minimum atomic E-state index is -0.185.